The molecule has 4 aliphatic rings. The van der Waals surface area contributed by atoms with E-state index in [1.165, 1.54) is 45.1 Å². The minimum atomic E-state index is 0.353. The van der Waals surface area contributed by atoms with Crippen molar-refractivity contribution >= 4 is 5.91 Å². The zero-order valence-corrected chi connectivity index (χ0v) is 11.7. The first-order valence-electron chi connectivity index (χ1n) is 8.35. The molecule has 19 heavy (non-hydrogen) atoms. The smallest absolute Gasteiger partial charge is 0.223 e. The first kappa shape index (κ1) is 12.2. The lowest BCUT2D eigenvalue weighted by Gasteiger charge is -2.44. The van der Waals surface area contributed by atoms with Crippen molar-refractivity contribution in [2.75, 3.05) is 13.1 Å². The topological polar surface area (TPSA) is 41.1 Å². The van der Waals surface area contributed by atoms with E-state index >= 15 is 0 Å². The Morgan fingerprint density at radius 3 is 2.53 bits per heavy atom. The molecule has 0 spiro atoms. The summed E-state index contributed by atoms with van der Waals surface area (Å²) in [5, 5.41) is 6.85. The van der Waals surface area contributed by atoms with Gasteiger partial charge in [-0.15, -0.1) is 0 Å². The van der Waals surface area contributed by atoms with Crippen LogP contribution < -0.4 is 10.6 Å². The molecular weight excluding hydrogens is 236 g/mol. The fraction of sp³-hybridized carbons (Fsp3) is 0.938. The van der Waals surface area contributed by atoms with E-state index in [-0.39, 0.29) is 0 Å². The Morgan fingerprint density at radius 2 is 1.63 bits per heavy atom. The van der Waals surface area contributed by atoms with Gasteiger partial charge in [-0.3, -0.25) is 4.79 Å². The average molecular weight is 262 g/mol. The van der Waals surface area contributed by atoms with E-state index in [9.17, 15) is 4.79 Å². The fourth-order valence-electron chi connectivity index (χ4n) is 5.74. The van der Waals surface area contributed by atoms with Gasteiger partial charge in [0, 0.05) is 18.5 Å². The molecule has 2 saturated heterocycles. The van der Waals surface area contributed by atoms with Crippen molar-refractivity contribution in [2.24, 2.45) is 29.6 Å². The van der Waals surface area contributed by atoms with Crippen molar-refractivity contribution in [3.8, 4) is 0 Å². The summed E-state index contributed by atoms with van der Waals surface area (Å²) in [6.45, 7) is 2.19. The molecular formula is C16H26N2O. The molecule has 6 unspecified atom stereocenters. The number of hydrogen-bond donors (Lipinski definition) is 2. The van der Waals surface area contributed by atoms with Gasteiger partial charge in [0.1, 0.15) is 0 Å². The van der Waals surface area contributed by atoms with Gasteiger partial charge in [-0.05, 0) is 62.3 Å². The minimum Gasteiger partial charge on any atom is -0.356 e. The predicted molar refractivity (Wildman–Crippen MR) is 74.6 cm³/mol. The molecule has 2 aliphatic carbocycles. The summed E-state index contributed by atoms with van der Waals surface area (Å²) in [6.07, 6.45) is 9.39. The summed E-state index contributed by atoms with van der Waals surface area (Å²) >= 11 is 0. The Labute approximate surface area is 115 Å². The van der Waals surface area contributed by atoms with Crippen molar-refractivity contribution in [1.82, 2.24) is 10.6 Å². The van der Waals surface area contributed by atoms with Crippen LogP contribution in [0.1, 0.15) is 44.9 Å². The lowest BCUT2D eigenvalue weighted by atomic mass is 9.61. The first-order chi connectivity index (χ1) is 9.34. The van der Waals surface area contributed by atoms with Crippen LogP contribution in [0.3, 0.4) is 0 Å². The molecule has 0 aromatic carbocycles. The van der Waals surface area contributed by atoms with Crippen LogP contribution in [0.4, 0.5) is 0 Å². The van der Waals surface area contributed by atoms with E-state index in [2.05, 4.69) is 10.6 Å². The van der Waals surface area contributed by atoms with Gasteiger partial charge in [0.25, 0.3) is 0 Å². The first-order valence-corrected chi connectivity index (χ1v) is 8.35. The third-order valence-corrected chi connectivity index (χ3v) is 6.52. The summed E-state index contributed by atoms with van der Waals surface area (Å²) in [5.41, 5.74) is 0. The SMILES string of the molecule is O=C1NCC2C1CCCC2C1CCCC2NCCC21. The van der Waals surface area contributed by atoms with Crippen molar-refractivity contribution in [3.05, 3.63) is 0 Å². The molecule has 6 atom stereocenters. The lowest BCUT2D eigenvalue weighted by Crippen LogP contribution is -2.42. The fourth-order valence-corrected chi connectivity index (χ4v) is 5.74. The van der Waals surface area contributed by atoms with Crippen molar-refractivity contribution in [2.45, 2.75) is 51.0 Å². The number of fused-ring (bicyclic) bond motifs is 2. The van der Waals surface area contributed by atoms with Crippen LogP contribution in [0.5, 0.6) is 0 Å². The molecule has 4 rings (SSSR count). The maximum absolute atomic E-state index is 11.9. The molecule has 2 aliphatic heterocycles. The van der Waals surface area contributed by atoms with Gasteiger partial charge in [0.2, 0.25) is 5.91 Å². The van der Waals surface area contributed by atoms with Gasteiger partial charge in [0.05, 0.1) is 0 Å². The lowest BCUT2D eigenvalue weighted by molar-refractivity contribution is -0.124. The van der Waals surface area contributed by atoms with Crippen LogP contribution in [0.25, 0.3) is 0 Å². The molecule has 0 aromatic rings. The van der Waals surface area contributed by atoms with E-state index in [1.807, 2.05) is 0 Å². The van der Waals surface area contributed by atoms with Gasteiger partial charge in [-0.2, -0.15) is 0 Å². The summed E-state index contributed by atoms with van der Waals surface area (Å²) in [6, 6.07) is 0.796. The number of nitrogens with one attached hydrogen (secondary N) is 2. The number of amides is 1. The molecule has 0 bridgehead atoms. The van der Waals surface area contributed by atoms with Gasteiger partial charge >= 0.3 is 0 Å². The average Bonchev–Trinajstić information content (AvgIpc) is 3.05. The summed E-state index contributed by atoms with van der Waals surface area (Å²) in [4.78, 5) is 11.9. The zero-order valence-electron chi connectivity index (χ0n) is 11.7. The molecule has 1 amide bonds. The molecule has 3 nitrogen and oxygen atoms in total. The standard InChI is InChI=1S/C16H26N2O/c19-16-13-5-1-3-11(14(13)9-18-16)10-4-2-6-15-12(10)7-8-17-15/h10-15,17H,1-9H2,(H,18,19). The Balaban J connectivity index is 1.55. The third-order valence-electron chi connectivity index (χ3n) is 6.52. The van der Waals surface area contributed by atoms with Gasteiger partial charge in [0.15, 0.2) is 0 Å². The van der Waals surface area contributed by atoms with Crippen LogP contribution >= 0.6 is 0 Å². The highest BCUT2D eigenvalue weighted by Gasteiger charge is 2.48. The highest BCUT2D eigenvalue weighted by molar-refractivity contribution is 5.81. The molecule has 2 saturated carbocycles. The van der Waals surface area contributed by atoms with Crippen LogP contribution in [-0.2, 0) is 4.79 Å². The predicted octanol–water partition coefficient (Wildman–Crippen LogP) is 1.93. The number of rotatable bonds is 1. The van der Waals surface area contributed by atoms with Crippen molar-refractivity contribution in [3.63, 3.8) is 0 Å². The highest BCUT2D eigenvalue weighted by atomic mass is 16.2. The third kappa shape index (κ3) is 1.93. The molecule has 4 fully saturated rings. The monoisotopic (exact) mass is 262 g/mol. The highest BCUT2D eigenvalue weighted by Crippen LogP contribution is 2.49. The molecule has 0 aromatic heterocycles. The Kier molecular flexibility index (Phi) is 3.06. The largest absolute Gasteiger partial charge is 0.356 e. The molecule has 2 N–H and O–H groups in total. The quantitative estimate of drug-likeness (QED) is 0.758. The zero-order chi connectivity index (χ0) is 12.8. The van der Waals surface area contributed by atoms with Crippen molar-refractivity contribution < 1.29 is 4.79 Å². The van der Waals surface area contributed by atoms with Crippen molar-refractivity contribution in [1.29, 1.82) is 0 Å². The van der Waals surface area contributed by atoms with E-state index in [4.69, 9.17) is 0 Å². The number of hydrogen-bond acceptors (Lipinski definition) is 2. The van der Waals surface area contributed by atoms with E-state index < -0.39 is 0 Å². The summed E-state index contributed by atoms with van der Waals surface area (Å²) < 4.78 is 0. The Bertz CT molecular complexity index is 370. The summed E-state index contributed by atoms with van der Waals surface area (Å²) in [5.74, 6) is 4.00. The van der Waals surface area contributed by atoms with Gasteiger partial charge < -0.3 is 10.6 Å². The van der Waals surface area contributed by atoms with Crippen LogP contribution in [-0.4, -0.2) is 25.0 Å². The number of carbonyl (C=O) groups is 1. The van der Waals surface area contributed by atoms with Gasteiger partial charge in [-0.1, -0.05) is 12.8 Å². The second-order valence-electron chi connectivity index (χ2n) is 7.22. The van der Waals surface area contributed by atoms with E-state index in [0.29, 0.717) is 17.7 Å². The normalized spacial score (nSPS) is 49.6. The Hall–Kier alpha value is -0.570. The number of carbonyl (C=O) groups excluding carboxylic acids is 1. The summed E-state index contributed by atoms with van der Waals surface area (Å²) in [7, 11) is 0. The molecule has 0 radical (unpaired) electrons. The second kappa shape index (κ2) is 4.76. The molecule has 2 heterocycles. The maximum Gasteiger partial charge on any atom is 0.223 e. The molecule has 3 heteroatoms. The van der Waals surface area contributed by atoms with Gasteiger partial charge in [-0.25, -0.2) is 0 Å². The second-order valence-corrected chi connectivity index (χ2v) is 7.22. The molecule has 106 valence electrons. The van der Waals surface area contributed by atoms with Crippen LogP contribution in [0.2, 0.25) is 0 Å². The van der Waals surface area contributed by atoms with Crippen LogP contribution in [0.15, 0.2) is 0 Å². The maximum atomic E-state index is 11.9. The van der Waals surface area contributed by atoms with E-state index in [1.54, 1.807) is 0 Å². The van der Waals surface area contributed by atoms with E-state index in [0.717, 1.165) is 36.8 Å². The van der Waals surface area contributed by atoms with Crippen LogP contribution in [0, 0.1) is 29.6 Å². The Morgan fingerprint density at radius 1 is 0.842 bits per heavy atom. The minimum absolute atomic E-state index is 0.353.